The maximum absolute atomic E-state index is 12.9. The van der Waals surface area contributed by atoms with E-state index in [2.05, 4.69) is 5.32 Å². The number of hydrogen-bond donors (Lipinski definition) is 2. The van der Waals surface area contributed by atoms with Crippen LogP contribution in [0.4, 0.5) is 42.5 Å². The second-order valence-electron chi connectivity index (χ2n) is 7.15. The Hall–Kier alpha value is -4.02. The van der Waals surface area contributed by atoms with E-state index < -0.39 is 41.2 Å². The molecule has 3 aromatic rings. The molecule has 3 aromatic carbocycles. The van der Waals surface area contributed by atoms with Crippen molar-refractivity contribution < 1.29 is 40.7 Å². The summed E-state index contributed by atoms with van der Waals surface area (Å²) in [6.07, 6.45) is -10.1. The molecule has 2 amide bonds. The minimum absolute atomic E-state index is 0.0441. The van der Waals surface area contributed by atoms with E-state index in [1.54, 1.807) is 24.3 Å². The number of benzene rings is 3. The number of alkyl halides is 6. The number of halogens is 6. The van der Waals surface area contributed by atoms with E-state index in [0.717, 1.165) is 5.56 Å². The van der Waals surface area contributed by atoms with E-state index in [1.807, 2.05) is 12.2 Å². The lowest BCUT2D eigenvalue weighted by molar-refractivity contribution is -0.143. The average Bonchev–Trinajstić information content (AvgIpc) is 2.74. The number of anilines is 2. The van der Waals surface area contributed by atoms with Crippen molar-refractivity contribution in [2.45, 2.75) is 19.3 Å². The van der Waals surface area contributed by atoms with Crippen LogP contribution in [0, 0.1) is 6.92 Å². The largest absolute Gasteiger partial charge is 0.423 e. The standard InChI is InChI=1S/C23H16F6N2O3/c1-13-2-8-19(9-3-13)34-20(32)14-4-6-17(7-5-14)30-21(33)31-18-11-15(22(24,25)26)10-16(12-18)23(27,28)29/h2-12H,1H3,(H2,30,31,33). The Morgan fingerprint density at radius 3 is 1.71 bits per heavy atom. The third-order valence-corrected chi connectivity index (χ3v) is 4.46. The quantitative estimate of drug-likeness (QED) is 0.242. The Bertz CT molecular complexity index is 1160. The van der Waals surface area contributed by atoms with Gasteiger partial charge in [-0.15, -0.1) is 0 Å². The monoisotopic (exact) mass is 482 g/mol. The Kier molecular flexibility index (Phi) is 6.85. The van der Waals surface area contributed by atoms with Crippen LogP contribution in [0.5, 0.6) is 5.75 Å². The molecule has 0 aliphatic heterocycles. The zero-order chi connectivity index (χ0) is 25.1. The minimum atomic E-state index is -5.04. The van der Waals surface area contributed by atoms with Crippen LogP contribution < -0.4 is 15.4 Å². The number of carbonyl (C=O) groups excluding carboxylic acids is 2. The summed E-state index contributed by atoms with van der Waals surface area (Å²) in [6, 6.07) is 11.7. The van der Waals surface area contributed by atoms with Crippen LogP contribution in [-0.4, -0.2) is 12.0 Å². The Labute approximate surface area is 189 Å². The zero-order valence-electron chi connectivity index (χ0n) is 17.3. The van der Waals surface area contributed by atoms with E-state index in [-0.39, 0.29) is 17.3 Å². The number of aryl methyl sites for hydroxylation is 1. The molecule has 0 unspecified atom stereocenters. The van der Waals surface area contributed by atoms with Gasteiger partial charge in [-0.1, -0.05) is 17.7 Å². The molecule has 34 heavy (non-hydrogen) atoms. The van der Waals surface area contributed by atoms with Gasteiger partial charge in [-0.25, -0.2) is 9.59 Å². The normalized spacial score (nSPS) is 11.6. The summed E-state index contributed by atoms with van der Waals surface area (Å²) < 4.78 is 82.9. The fourth-order valence-electron chi connectivity index (χ4n) is 2.78. The second kappa shape index (κ2) is 9.46. The molecule has 0 spiro atoms. The van der Waals surface area contributed by atoms with Gasteiger partial charge < -0.3 is 15.4 Å². The van der Waals surface area contributed by atoms with Crippen molar-refractivity contribution in [3.8, 4) is 5.75 Å². The second-order valence-corrected chi connectivity index (χ2v) is 7.15. The third-order valence-electron chi connectivity index (χ3n) is 4.46. The number of nitrogens with one attached hydrogen (secondary N) is 2. The molecular weight excluding hydrogens is 466 g/mol. The number of urea groups is 1. The molecule has 2 N–H and O–H groups in total. The molecule has 0 saturated carbocycles. The van der Waals surface area contributed by atoms with Gasteiger partial charge in [0.05, 0.1) is 16.7 Å². The highest BCUT2D eigenvalue weighted by atomic mass is 19.4. The number of carbonyl (C=O) groups is 2. The number of rotatable bonds is 4. The van der Waals surface area contributed by atoms with Crippen molar-refractivity contribution in [1.29, 1.82) is 0 Å². The molecule has 0 saturated heterocycles. The van der Waals surface area contributed by atoms with E-state index in [1.165, 1.54) is 24.3 Å². The van der Waals surface area contributed by atoms with E-state index in [4.69, 9.17) is 4.74 Å². The van der Waals surface area contributed by atoms with Crippen LogP contribution in [0.2, 0.25) is 0 Å². The lowest BCUT2D eigenvalue weighted by Crippen LogP contribution is -2.21. The molecule has 11 heteroatoms. The molecular formula is C23H16F6N2O3. The molecule has 5 nitrogen and oxygen atoms in total. The van der Waals surface area contributed by atoms with Crippen molar-refractivity contribution >= 4 is 23.4 Å². The van der Waals surface area contributed by atoms with E-state index in [9.17, 15) is 35.9 Å². The zero-order valence-corrected chi connectivity index (χ0v) is 17.3. The molecule has 0 aromatic heterocycles. The van der Waals surface area contributed by atoms with Gasteiger partial charge in [0.2, 0.25) is 0 Å². The molecule has 178 valence electrons. The molecule has 0 atom stereocenters. The van der Waals surface area contributed by atoms with Crippen LogP contribution in [-0.2, 0) is 12.4 Å². The summed E-state index contributed by atoms with van der Waals surface area (Å²) in [7, 11) is 0. The van der Waals surface area contributed by atoms with Crippen molar-refractivity contribution in [1.82, 2.24) is 0 Å². The van der Waals surface area contributed by atoms with Crippen molar-refractivity contribution in [2.75, 3.05) is 10.6 Å². The maximum atomic E-state index is 12.9. The lowest BCUT2D eigenvalue weighted by Gasteiger charge is -2.15. The van der Waals surface area contributed by atoms with Crippen molar-refractivity contribution in [3.05, 3.63) is 89.0 Å². The van der Waals surface area contributed by atoms with E-state index >= 15 is 0 Å². The summed E-state index contributed by atoms with van der Waals surface area (Å²) in [6.45, 7) is 1.87. The first-order chi connectivity index (χ1) is 15.8. The first kappa shape index (κ1) is 24.6. The SMILES string of the molecule is Cc1ccc(OC(=O)c2ccc(NC(=O)Nc3cc(C(F)(F)F)cc(C(F)(F)F)c3)cc2)cc1. The van der Waals surface area contributed by atoms with Crippen LogP contribution in [0.1, 0.15) is 27.0 Å². The number of hydrogen-bond acceptors (Lipinski definition) is 3. The highest BCUT2D eigenvalue weighted by molar-refractivity contribution is 6.00. The Morgan fingerprint density at radius 2 is 1.21 bits per heavy atom. The molecule has 3 rings (SSSR count). The summed E-state index contributed by atoms with van der Waals surface area (Å²) in [5.41, 5.74) is -2.55. The highest BCUT2D eigenvalue weighted by Gasteiger charge is 2.37. The van der Waals surface area contributed by atoms with Gasteiger partial charge in [-0.2, -0.15) is 26.3 Å². The van der Waals surface area contributed by atoms with Gasteiger partial charge in [0, 0.05) is 11.4 Å². The average molecular weight is 482 g/mol. The van der Waals surface area contributed by atoms with Gasteiger partial charge in [0.1, 0.15) is 5.75 Å². The highest BCUT2D eigenvalue weighted by Crippen LogP contribution is 2.37. The third kappa shape index (κ3) is 6.50. The van der Waals surface area contributed by atoms with Gasteiger partial charge in [-0.3, -0.25) is 0 Å². The van der Waals surface area contributed by atoms with Crippen LogP contribution >= 0.6 is 0 Å². The fourth-order valence-corrected chi connectivity index (χ4v) is 2.78. The van der Waals surface area contributed by atoms with Gasteiger partial charge in [-0.05, 0) is 61.5 Å². The molecule has 0 bridgehead atoms. The predicted octanol–water partition coefficient (Wildman–Crippen LogP) is 6.90. The van der Waals surface area contributed by atoms with Crippen molar-refractivity contribution in [3.63, 3.8) is 0 Å². The summed E-state index contributed by atoms with van der Waals surface area (Å²) in [4.78, 5) is 24.3. The first-order valence-electron chi connectivity index (χ1n) is 9.58. The van der Waals surface area contributed by atoms with Crippen LogP contribution in [0.15, 0.2) is 66.7 Å². The number of amides is 2. The summed E-state index contributed by atoms with van der Waals surface area (Å²) in [5, 5.41) is 4.21. The van der Waals surface area contributed by atoms with E-state index in [0.29, 0.717) is 17.9 Å². The lowest BCUT2D eigenvalue weighted by atomic mass is 10.1. The summed E-state index contributed by atoms with van der Waals surface area (Å²) >= 11 is 0. The topological polar surface area (TPSA) is 67.4 Å². The molecule has 0 fully saturated rings. The molecule has 0 aliphatic carbocycles. The van der Waals surface area contributed by atoms with Gasteiger partial charge >= 0.3 is 24.4 Å². The first-order valence-corrected chi connectivity index (χ1v) is 9.58. The van der Waals surface area contributed by atoms with Crippen LogP contribution in [0.3, 0.4) is 0 Å². The molecule has 0 radical (unpaired) electrons. The number of ether oxygens (including phenoxy) is 1. The number of esters is 1. The Morgan fingerprint density at radius 1 is 0.706 bits per heavy atom. The van der Waals surface area contributed by atoms with Gasteiger partial charge in [0.15, 0.2) is 0 Å². The van der Waals surface area contributed by atoms with Crippen LogP contribution in [0.25, 0.3) is 0 Å². The summed E-state index contributed by atoms with van der Waals surface area (Å²) in [5.74, 6) is -0.333. The minimum Gasteiger partial charge on any atom is -0.423 e. The Balaban J connectivity index is 1.68. The van der Waals surface area contributed by atoms with Crippen molar-refractivity contribution in [2.24, 2.45) is 0 Å². The van der Waals surface area contributed by atoms with Gasteiger partial charge in [0.25, 0.3) is 0 Å². The fraction of sp³-hybridized carbons (Fsp3) is 0.130. The smallest absolute Gasteiger partial charge is 0.416 e. The predicted molar refractivity (Wildman–Crippen MR) is 112 cm³/mol. The molecule has 0 heterocycles. The molecule has 0 aliphatic rings. The maximum Gasteiger partial charge on any atom is 0.416 e.